The van der Waals surface area contributed by atoms with Gasteiger partial charge in [-0.1, -0.05) is 0 Å². The van der Waals surface area contributed by atoms with Gasteiger partial charge in [0.2, 0.25) is 0 Å². The largest absolute Gasteiger partial charge is 0.467 e. The van der Waals surface area contributed by atoms with Gasteiger partial charge >= 0.3 is 0 Å². The number of rotatable bonds is 7. The van der Waals surface area contributed by atoms with Crippen LogP contribution in [-0.2, 0) is 20.1 Å². The quantitative estimate of drug-likeness (QED) is 0.325. The lowest BCUT2D eigenvalue weighted by atomic mass is 10.3. The van der Waals surface area contributed by atoms with E-state index in [-0.39, 0.29) is 23.6 Å². The average molecular weight is 538 g/mol. The molecule has 5 rings (SSSR count). The zero-order chi connectivity index (χ0) is 24.5. The molecule has 0 aliphatic heterocycles. The molecule has 0 aliphatic rings. The van der Waals surface area contributed by atoms with E-state index in [0.717, 1.165) is 4.47 Å². The number of hydrogen-bond acceptors (Lipinski definition) is 7. The minimum absolute atomic E-state index is 0.0732. The Bertz CT molecular complexity index is 1530. The number of nitrogens with one attached hydrogen (secondary N) is 2. The van der Waals surface area contributed by atoms with E-state index < -0.39 is 11.8 Å². The van der Waals surface area contributed by atoms with Crippen molar-refractivity contribution in [2.75, 3.05) is 5.32 Å². The maximum Gasteiger partial charge on any atom is 0.276 e. The lowest BCUT2D eigenvalue weighted by Crippen LogP contribution is -2.25. The minimum atomic E-state index is -0.507. The van der Waals surface area contributed by atoms with Crippen molar-refractivity contribution < 1.29 is 14.0 Å². The van der Waals surface area contributed by atoms with Crippen molar-refractivity contribution in [2.45, 2.75) is 20.0 Å². The van der Waals surface area contributed by atoms with Crippen LogP contribution >= 0.6 is 15.9 Å². The molecule has 0 unspecified atom stereocenters. The Morgan fingerprint density at radius 1 is 1.14 bits per heavy atom. The molecule has 5 aromatic rings. The van der Waals surface area contributed by atoms with Crippen molar-refractivity contribution >= 4 is 39.1 Å². The first-order chi connectivity index (χ1) is 16.9. The third-order valence-electron chi connectivity index (χ3n) is 5.17. The number of aromatic nitrogens is 7. The monoisotopic (exact) mass is 537 g/mol. The Kier molecular flexibility index (Phi) is 5.91. The molecule has 0 radical (unpaired) electrons. The molecular weight excluding hydrogens is 518 g/mol. The highest BCUT2D eigenvalue weighted by molar-refractivity contribution is 9.10. The summed E-state index contributed by atoms with van der Waals surface area (Å²) in [5, 5.41) is 18.6. The second-order valence-electron chi connectivity index (χ2n) is 7.59. The highest BCUT2D eigenvalue weighted by Gasteiger charge is 2.21. The number of carbonyl (C=O) groups excluding carboxylic acids is 2. The topological polar surface area (TPSA) is 137 Å². The van der Waals surface area contributed by atoms with Crippen LogP contribution in [0.15, 0.2) is 58.0 Å². The second kappa shape index (κ2) is 9.18. The van der Waals surface area contributed by atoms with E-state index in [9.17, 15) is 9.59 Å². The molecule has 0 aromatic carbocycles. The van der Waals surface area contributed by atoms with E-state index in [0.29, 0.717) is 29.3 Å². The maximum absolute atomic E-state index is 13.1. The van der Waals surface area contributed by atoms with Gasteiger partial charge in [0.15, 0.2) is 17.0 Å². The van der Waals surface area contributed by atoms with E-state index in [4.69, 9.17) is 4.42 Å². The van der Waals surface area contributed by atoms with E-state index in [2.05, 4.69) is 46.8 Å². The molecular formula is C22H20BrN9O3. The van der Waals surface area contributed by atoms with Gasteiger partial charge in [0.05, 0.1) is 28.7 Å². The third kappa shape index (κ3) is 4.45. The summed E-state index contributed by atoms with van der Waals surface area (Å²) in [5.74, 6) is -0.358. The van der Waals surface area contributed by atoms with Gasteiger partial charge in [0.25, 0.3) is 11.8 Å². The highest BCUT2D eigenvalue weighted by Crippen LogP contribution is 2.27. The van der Waals surface area contributed by atoms with E-state index in [1.54, 1.807) is 52.9 Å². The molecule has 2 amide bonds. The van der Waals surface area contributed by atoms with Crippen molar-refractivity contribution in [2.24, 2.45) is 7.05 Å². The Morgan fingerprint density at radius 3 is 2.74 bits per heavy atom. The summed E-state index contributed by atoms with van der Waals surface area (Å²) in [5.41, 5.74) is 2.28. The smallest absolute Gasteiger partial charge is 0.276 e. The molecule has 178 valence electrons. The molecule has 2 N–H and O–H groups in total. The number of amides is 2. The van der Waals surface area contributed by atoms with Crippen LogP contribution in [-0.4, -0.2) is 46.0 Å². The van der Waals surface area contributed by atoms with Crippen molar-refractivity contribution in [3.63, 3.8) is 0 Å². The van der Waals surface area contributed by atoms with Crippen molar-refractivity contribution in [3.05, 3.63) is 70.7 Å². The zero-order valence-corrected chi connectivity index (χ0v) is 20.4. The lowest BCUT2D eigenvalue weighted by molar-refractivity contribution is 0.0943. The number of halogens is 1. The SMILES string of the molecule is CCn1cc(Br)c(-c2ccnc3cc(C(=O)Nc4cn(C)nc4C(=O)NCc4ccco4)nn23)n1. The normalized spacial score (nSPS) is 11.2. The summed E-state index contributed by atoms with van der Waals surface area (Å²) in [4.78, 5) is 30.0. The molecule has 13 heteroatoms. The van der Waals surface area contributed by atoms with Gasteiger partial charge < -0.3 is 15.1 Å². The molecule has 0 aliphatic carbocycles. The maximum atomic E-state index is 13.1. The van der Waals surface area contributed by atoms with Crippen LogP contribution in [0.2, 0.25) is 0 Å². The van der Waals surface area contributed by atoms with E-state index >= 15 is 0 Å². The highest BCUT2D eigenvalue weighted by atomic mass is 79.9. The lowest BCUT2D eigenvalue weighted by Gasteiger charge is -2.04. The first-order valence-electron chi connectivity index (χ1n) is 10.7. The molecule has 0 saturated carbocycles. The van der Waals surface area contributed by atoms with Gasteiger partial charge in [-0.05, 0) is 41.1 Å². The van der Waals surface area contributed by atoms with E-state index in [1.807, 2.05) is 13.1 Å². The predicted molar refractivity (Wildman–Crippen MR) is 129 cm³/mol. The van der Waals surface area contributed by atoms with Gasteiger partial charge in [-0.25, -0.2) is 9.50 Å². The predicted octanol–water partition coefficient (Wildman–Crippen LogP) is 2.88. The molecule has 0 atom stereocenters. The van der Waals surface area contributed by atoms with Crippen LogP contribution in [0, 0.1) is 0 Å². The fourth-order valence-corrected chi connectivity index (χ4v) is 4.04. The van der Waals surface area contributed by atoms with Gasteiger partial charge in [-0.15, -0.1) is 0 Å². The molecule has 0 bridgehead atoms. The zero-order valence-electron chi connectivity index (χ0n) is 18.8. The van der Waals surface area contributed by atoms with Gasteiger partial charge in [-0.3, -0.25) is 19.0 Å². The minimum Gasteiger partial charge on any atom is -0.467 e. The third-order valence-corrected chi connectivity index (χ3v) is 5.75. The molecule has 0 spiro atoms. The van der Waals surface area contributed by atoms with Crippen LogP contribution in [0.4, 0.5) is 5.69 Å². The Balaban J connectivity index is 1.40. The summed E-state index contributed by atoms with van der Waals surface area (Å²) < 4.78 is 10.8. The van der Waals surface area contributed by atoms with Gasteiger partial charge in [0.1, 0.15) is 11.5 Å². The fraction of sp³-hybridized carbons (Fsp3) is 0.182. The number of furan rings is 1. The number of anilines is 1. The van der Waals surface area contributed by atoms with Crippen LogP contribution in [0.3, 0.4) is 0 Å². The first-order valence-corrected chi connectivity index (χ1v) is 11.5. The summed E-state index contributed by atoms with van der Waals surface area (Å²) >= 11 is 3.53. The number of fused-ring (bicyclic) bond motifs is 1. The van der Waals surface area contributed by atoms with Crippen molar-refractivity contribution in [1.29, 1.82) is 0 Å². The summed E-state index contributed by atoms with van der Waals surface area (Å²) in [6.45, 7) is 2.90. The fourth-order valence-electron chi connectivity index (χ4n) is 3.52. The van der Waals surface area contributed by atoms with Gasteiger partial charge in [-0.2, -0.15) is 15.3 Å². The van der Waals surface area contributed by atoms with Crippen LogP contribution < -0.4 is 10.6 Å². The van der Waals surface area contributed by atoms with E-state index in [1.165, 1.54) is 10.9 Å². The van der Waals surface area contributed by atoms with Crippen molar-refractivity contribution in [1.82, 2.24) is 39.5 Å². The summed E-state index contributed by atoms with van der Waals surface area (Å²) in [6.07, 6.45) is 6.58. The molecule has 5 heterocycles. The Labute approximate surface area is 207 Å². The number of carbonyl (C=O) groups is 2. The Hall–Kier alpha value is -4.26. The number of hydrogen-bond donors (Lipinski definition) is 2. The second-order valence-corrected chi connectivity index (χ2v) is 8.45. The van der Waals surface area contributed by atoms with Crippen molar-refractivity contribution in [3.8, 4) is 11.4 Å². The van der Waals surface area contributed by atoms with Crippen LogP contribution in [0.25, 0.3) is 17.0 Å². The molecule has 35 heavy (non-hydrogen) atoms. The Morgan fingerprint density at radius 2 is 2.00 bits per heavy atom. The number of aryl methyl sites for hydroxylation is 2. The molecule has 0 saturated heterocycles. The summed E-state index contributed by atoms with van der Waals surface area (Å²) in [7, 11) is 1.66. The first kappa shape index (κ1) is 22.5. The molecule has 12 nitrogen and oxygen atoms in total. The van der Waals surface area contributed by atoms with Gasteiger partial charge in [0, 0.05) is 38.2 Å². The van der Waals surface area contributed by atoms with Crippen LogP contribution in [0.1, 0.15) is 33.7 Å². The van der Waals surface area contributed by atoms with Crippen LogP contribution in [0.5, 0.6) is 0 Å². The molecule has 0 fully saturated rings. The number of nitrogens with zero attached hydrogens (tertiary/aromatic N) is 7. The molecule has 5 aromatic heterocycles. The average Bonchev–Trinajstić information content (AvgIpc) is 3.63. The summed E-state index contributed by atoms with van der Waals surface area (Å²) in [6, 6.07) is 6.82. The standard InChI is InChI=1S/C22H20BrN9O3/c1-3-31-11-14(23)19(29-31)17-6-7-24-18-9-15(27-32(17)18)21(33)26-16-12-30(2)28-20(16)22(34)25-10-13-5-4-8-35-13/h4-9,11-12H,3,10H2,1-2H3,(H,25,34)(H,26,33).